The van der Waals surface area contributed by atoms with Crippen molar-refractivity contribution in [3.63, 3.8) is 0 Å². The Labute approximate surface area is 156 Å². The number of thiocarbonyl (C=S) groups is 1. The first-order chi connectivity index (χ1) is 12.3. The molecular formula is C22H26N2S. The Kier molecular flexibility index (Phi) is 5.14. The third kappa shape index (κ3) is 3.78. The monoisotopic (exact) mass is 350 g/mol. The van der Waals surface area contributed by atoms with Gasteiger partial charge >= 0.3 is 0 Å². The molecule has 2 nitrogen and oxygen atoms in total. The molecule has 0 amide bonds. The number of benzene rings is 2. The van der Waals surface area contributed by atoms with Gasteiger partial charge in [0.05, 0.1) is 11.0 Å². The van der Waals surface area contributed by atoms with Gasteiger partial charge in [0.1, 0.15) is 0 Å². The van der Waals surface area contributed by atoms with E-state index in [4.69, 9.17) is 12.2 Å². The van der Waals surface area contributed by atoms with E-state index in [2.05, 4.69) is 70.5 Å². The lowest BCUT2D eigenvalue weighted by Crippen LogP contribution is -2.47. The van der Waals surface area contributed by atoms with Crippen LogP contribution in [0.5, 0.6) is 0 Å². The lowest BCUT2D eigenvalue weighted by atomic mass is 9.90. The Bertz CT molecular complexity index is 694. The topological polar surface area (TPSA) is 6.48 Å². The van der Waals surface area contributed by atoms with Gasteiger partial charge in [-0.3, -0.25) is 4.90 Å². The minimum Gasteiger partial charge on any atom is -0.355 e. The molecule has 130 valence electrons. The van der Waals surface area contributed by atoms with E-state index in [0.717, 1.165) is 18.0 Å². The molecule has 2 aliphatic heterocycles. The fraction of sp³-hybridized carbons (Fsp3) is 0.409. The summed E-state index contributed by atoms with van der Waals surface area (Å²) < 4.78 is 0. The largest absolute Gasteiger partial charge is 0.355 e. The lowest BCUT2D eigenvalue weighted by Gasteiger charge is -2.44. The van der Waals surface area contributed by atoms with Crippen molar-refractivity contribution >= 4 is 17.2 Å². The summed E-state index contributed by atoms with van der Waals surface area (Å²) in [5, 5.41) is 0. The molecule has 2 heterocycles. The van der Waals surface area contributed by atoms with Crippen LogP contribution in [0.4, 0.5) is 0 Å². The van der Waals surface area contributed by atoms with E-state index in [1.54, 1.807) is 0 Å². The van der Waals surface area contributed by atoms with Crippen molar-refractivity contribution in [2.75, 3.05) is 13.1 Å². The van der Waals surface area contributed by atoms with Crippen LogP contribution in [0, 0.1) is 0 Å². The SMILES string of the molecule is S=C1C[C@@H](N2CCCC2)C[C@H](c2ccccc2)N1Cc1ccccc1. The van der Waals surface area contributed by atoms with Gasteiger partial charge < -0.3 is 4.90 Å². The minimum absolute atomic E-state index is 0.383. The van der Waals surface area contributed by atoms with Gasteiger partial charge in [0.15, 0.2) is 0 Å². The van der Waals surface area contributed by atoms with E-state index in [-0.39, 0.29) is 0 Å². The molecule has 2 aliphatic rings. The molecule has 4 rings (SSSR count). The van der Waals surface area contributed by atoms with E-state index in [1.165, 1.54) is 43.5 Å². The molecule has 3 heteroatoms. The number of likely N-dealkylation sites (tertiary alicyclic amines) is 2. The van der Waals surface area contributed by atoms with Crippen LogP contribution >= 0.6 is 12.2 Å². The third-order valence-corrected chi connectivity index (χ3v) is 6.04. The summed E-state index contributed by atoms with van der Waals surface area (Å²) in [4.78, 5) is 6.26. The number of hydrogen-bond acceptors (Lipinski definition) is 2. The van der Waals surface area contributed by atoms with Gasteiger partial charge in [-0.2, -0.15) is 0 Å². The fourth-order valence-electron chi connectivity index (χ4n) is 4.32. The molecule has 0 aromatic heterocycles. The maximum atomic E-state index is 5.92. The predicted molar refractivity (Wildman–Crippen MR) is 108 cm³/mol. The van der Waals surface area contributed by atoms with Crippen LogP contribution in [0.15, 0.2) is 60.7 Å². The Morgan fingerprint density at radius 2 is 1.52 bits per heavy atom. The normalized spacial score (nSPS) is 24.6. The van der Waals surface area contributed by atoms with Crippen LogP contribution in [0.1, 0.15) is 42.9 Å². The van der Waals surface area contributed by atoms with E-state index in [1.807, 2.05) is 0 Å². The van der Waals surface area contributed by atoms with Crippen molar-refractivity contribution in [2.24, 2.45) is 0 Å². The van der Waals surface area contributed by atoms with Gasteiger partial charge in [-0.05, 0) is 43.5 Å². The highest BCUT2D eigenvalue weighted by molar-refractivity contribution is 7.80. The smallest absolute Gasteiger partial charge is 0.0803 e. The van der Waals surface area contributed by atoms with Gasteiger partial charge in [-0.25, -0.2) is 0 Å². The summed E-state index contributed by atoms with van der Waals surface area (Å²) in [5.74, 6) is 0. The Hall–Kier alpha value is -1.71. The van der Waals surface area contributed by atoms with Crippen LogP contribution < -0.4 is 0 Å². The van der Waals surface area contributed by atoms with E-state index in [9.17, 15) is 0 Å². The fourth-order valence-corrected chi connectivity index (χ4v) is 4.70. The van der Waals surface area contributed by atoms with Crippen molar-refractivity contribution in [1.29, 1.82) is 0 Å². The van der Waals surface area contributed by atoms with E-state index >= 15 is 0 Å². The molecule has 25 heavy (non-hydrogen) atoms. The second-order valence-electron chi connectivity index (χ2n) is 7.27. The summed E-state index contributed by atoms with van der Waals surface area (Å²) in [6.07, 6.45) is 4.89. The van der Waals surface area contributed by atoms with Gasteiger partial charge in [-0.15, -0.1) is 0 Å². The molecule has 0 radical (unpaired) electrons. The van der Waals surface area contributed by atoms with Crippen molar-refractivity contribution in [3.8, 4) is 0 Å². The first-order valence-corrected chi connectivity index (χ1v) is 9.84. The van der Waals surface area contributed by atoms with Crippen LogP contribution in [0.2, 0.25) is 0 Å². The second-order valence-corrected chi connectivity index (χ2v) is 7.74. The number of piperidine rings is 1. The zero-order valence-corrected chi connectivity index (χ0v) is 15.5. The van der Waals surface area contributed by atoms with Gasteiger partial charge in [0, 0.05) is 19.0 Å². The summed E-state index contributed by atoms with van der Waals surface area (Å²) in [6, 6.07) is 22.6. The Balaban J connectivity index is 1.60. The molecule has 0 spiro atoms. The average molecular weight is 351 g/mol. The first kappa shape index (κ1) is 16.7. The van der Waals surface area contributed by atoms with Crippen LogP contribution in [0.25, 0.3) is 0 Å². The minimum atomic E-state index is 0.383. The molecule has 0 N–H and O–H groups in total. The zero-order chi connectivity index (χ0) is 17.1. The third-order valence-electron chi connectivity index (χ3n) is 5.64. The van der Waals surface area contributed by atoms with E-state index in [0.29, 0.717) is 12.1 Å². The predicted octanol–water partition coefficient (Wildman–Crippen LogP) is 4.82. The van der Waals surface area contributed by atoms with Crippen LogP contribution in [0.3, 0.4) is 0 Å². The molecule has 2 saturated heterocycles. The highest BCUT2D eigenvalue weighted by Crippen LogP contribution is 2.36. The van der Waals surface area contributed by atoms with Gasteiger partial charge in [-0.1, -0.05) is 72.9 Å². The van der Waals surface area contributed by atoms with Gasteiger partial charge in [0.2, 0.25) is 0 Å². The molecule has 0 aliphatic carbocycles. The highest BCUT2D eigenvalue weighted by Gasteiger charge is 2.35. The standard InChI is InChI=1S/C22H26N2S/c25-22-16-20(23-13-7-8-14-23)15-21(19-11-5-2-6-12-19)24(22)17-18-9-3-1-4-10-18/h1-6,9-12,20-21H,7-8,13-17H2/t20-,21+/m0/s1. The summed E-state index contributed by atoms with van der Waals surface area (Å²) >= 11 is 5.92. The molecule has 0 saturated carbocycles. The summed E-state index contributed by atoms with van der Waals surface area (Å²) in [7, 11) is 0. The van der Waals surface area contributed by atoms with Crippen molar-refractivity contribution in [3.05, 3.63) is 71.8 Å². The molecule has 0 bridgehead atoms. The molecular weight excluding hydrogens is 324 g/mol. The Morgan fingerprint density at radius 1 is 0.880 bits per heavy atom. The number of nitrogens with zero attached hydrogens (tertiary/aromatic N) is 2. The molecule has 2 atom stereocenters. The van der Waals surface area contributed by atoms with Crippen molar-refractivity contribution < 1.29 is 0 Å². The molecule has 2 fully saturated rings. The summed E-state index contributed by atoms with van der Waals surface area (Å²) in [5.41, 5.74) is 2.73. The van der Waals surface area contributed by atoms with Crippen molar-refractivity contribution in [1.82, 2.24) is 9.80 Å². The van der Waals surface area contributed by atoms with Crippen LogP contribution in [-0.4, -0.2) is 33.9 Å². The quantitative estimate of drug-likeness (QED) is 0.730. The van der Waals surface area contributed by atoms with Gasteiger partial charge in [0.25, 0.3) is 0 Å². The number of rotatable bonds is 4. The Morgan fingerprint density at radius 3 is 2.20 bits per heavy atom. The molecule has 0 unspecified atom stereocenters. The van der Waals surface area contributed by atoms with Crippen LogP contribution in [-0.2, 0) is 6.54 Å². The van der Waals surface area contributed by atoms with Crippen molar-refractivity contribution in [2.45, 2.75) is 44.3 Å². The zero-order valence-electron chi connectivity index (χ0n) is 14.7. The number of hydrogen-bond donors (Lipinski definition) is 0. The molecule has 2 aromatic carbocycles. The second kappa shape index (κ2) is 7.67. The maximum Gasteiger partial charge on any atom is 0.0803 e. The lowest BCUT2D eigenvalue weighted by molar-refractivity contribution is 0.154. The highest BCUT2D eigenvalue weighted by atomic mass is 32.1. The van der Waals surface area contributed by atoms with E-state index < -0.39 is 0 Å². The average Bonchev–Trinajstić information content (AvgIpc) is 3.19. The summed E-state index contributed by atoms with van der Waals surface area (Å²) in [6.45, 7) is 3.40. The molecule has 2 aromatic rings. The maximum absolute atomic E-state index is 5.92. The first-order valence-electron chi connectivity index (χ1n) is 9.43.